The molecule has 0 aromatic heterocycles. The minimum Gasteiger partial charge on any atom is -0.345 e. The Labute approximate surface area is 239 Å². The Bertz CT molecular complexity index is 1050. The monoisotopic (exact) mass is 575 g/mol. The molecule has 1 heterocycles. The molecule has 6 amide bonds. The maximum atomic E-state index is 13.3. The first kappa shape index (κ1) is 34.7. The molecule has 0 radical (unpaired) electrons. The summed E-state index contributed by atoms with van der Waals surface area (Å²) in [6.45, 7) is 6.77. The second-order valence-electron chi connectivity index (χ2n) is 10.2. The molecule has 0 aromatic rings. The summed E-state index contributed by atoms with van der Waals surface area (Å²) in [4.78, 5) is 79.4. The van der Waals surface area contributed by atoms with Crippen molar-refractivity contribution in [2.75, 3.05) is 32.7 Å². The summed E-state index contributed by atoms with van der Waals surface area (Å²) in [6.07, 6.45) is 6.47. The maximum Gasteiger partial charge on any atom is 0.246 e. The molecule has 1 aliphatic rings. The molecule has 0 unspecified atom stereocenters. The van der Waals surface area contributed by atoms with Gasteiger partial charge in [0, 0.05) is 24.4 Å². The number of nitrogens with zero attached hydrogens (tertiary/aromatic N) is 4. The Morgan fingerprint density at radius 1 is 0.951 bits per heavy atom. The number of hydrogen-bond acceptors (Lipinski definition) is 7. The zero-order chi connectivity index (χ0) is 30.9. The van der Waals surface area contributed by atoms with Gasteiger partial charge >= 0.3 is 0 Å². The fourth-order valence-electron chi connectivity index (χ4n) is 4.13. The molecule has 0 aliphatic carbocycles. The smallest absolute Gasteiger partial charge is 0.246 e. The van der Waals surface area contributed by atoms with Crippen molar-refractivity contribution in [3.63, 3.8) is 0 Å². The van der Waals surface area contributed by atoms with Crippen LogP contribution in [0.4, 0.5) is 0 Å². The van der Waals surface area contributed by atoms with Crippen molar-refractivity contribution in [1.29, 1.82) is 0 Å². The van der Waals surface area contributed by atoms with Crippen LogP contribution in [0.15, 0.2) is 5.11 Å². The van der Waals surface area contributed by atoms with Crippen molar-refractivity contribution in [1.82, 2.24) is 31.5 Å². The lowest BCUT2D eigenvalue weighted by atomic mass is 10.0. The Kier molecular flexibility index (Phi) is 15.3. The van der Waals surface area contributed by atoms with E-state index in [0.29, 0.717) is 25.8 Å². The molecule has 5 N–H and O–H groups in total. The number of azide groups is 1. The molecule has 41 heavy (non-hydrogen) atoms. The molecule has 226 valence electrons. The van der Waals surface area contributed by atoms with E-state index in [1.807, 2.05) is 0 Å². The van der Waals surface area contributed by atoms with Gasteiger partial charge in [-0.15, -0.1) is 6.42 Å². The van der Waals surface area contributed by atoms with Crippen molar-refractivity contribution in [2.45, 2.75) is 71.5 Å². The molecule has 0 aromatic carbocycles. The van der Waals surface area contributed by atoms with E-state index in [2.05, 4.69) is 42.5 Å². The lowest BCUT2D eigenvalue weighted by molar-refractivity contribution is -0.142. The first-order valence-corrected chi connectivity index (χ1v) is 13.6. The number of terminal acetylenes is 1. The number of amides is 6. The van der Waals surface area contributed by atoms with Crippen LogP contribution in [0, 0.1) is 24.2 Å². The summed E-state index contributed by atoms with van der Waals surface area (Å²) in [5.41, 5.74) is 8.34. The molecule has 0 spiro atoms. The SMILES string of the molecule is C#CCNC(=O)CNC(=O)[C@@H](NC(=O)CNC(=O)[C@@H]1CCCN1C(=O)[C@@H](NC(=O)CCCN=[N+]=[N-])C(C)C)C(C)C. The van der Waals surface area contributed by atoms with Crippen LogP contribution < -0.4 is 26.6 Å². The first-order valence-electron chi connectivity index (χ1n) is 13.6. The van der Waals surface area contributed by atoms with E-state index in [1.54, 1.807) is 27.7 Å². The predicted molar refractivity (Wildman–Crippen MR) is 149 cm³/mol. The third-order valence-electron chi connectivity index (χ3n) is 6.31. The van der Waals surface area contributed by atoms with E-state index in [9.17, 15) is 28.8 Å². The van der Waals surface area contributed by atoms with Gasteiger partial charge < -0.3 is 31.5 Å². The largest absolute Gasteiger partial charge is 0.345 e. The molecule has 15 heteroatoms. The zero-order valence-corrected chi connectivity index (χ0v) is 24.1. The van der Waals surface area contributed by atoms with Crippen LogP contribution >= 0.6 is 0 Å². The van der Waals surface area contributed by atoms with Crippen molar-refractivity contribution in [3.8, 4) is 12.3 Å². The number of carbonyl (C=O) groups is 6. The van der Waals surface area contributed by atoms with E-state index < -0.39 is 54.2 Å². The second-order valence-corrected chi connectivity index (χ2v) is 10.2. The molecule has 1 aliphatic heterocycles. The van der Waals surface area contributed by atoms with E-state index >= 15 is 0 Å². The van der Waals surface area contributed by atoms with Crippen LogP contribution in [-0.4, -0.2) is 91.2 Å². The molecular formula is C26H41N9O6. The fourth-order valence-corrected chi connectivity index (χ4v) is 4.13. The maximum absolute atomic E-state index is 13.3. The summed E-state index contributed by atoms with van der Waals surface area (Å²) in [7, 11) is 0. The van der Waals surface area contributed by atoms with Crippen molar-refractivity contribution >= 4 is 35.4 Å². The molecule has 1 saturated heterocycles. The minimum atomic E-state index is -0.952. The van der Waals surface area contributed by atoms with Gasteiger partial charge in [0.1, 0.15) is 18.1 Å². The van der Waals surface area contributed by atoms with E-state index in [0.717, 1.165) is 0 Å². The van der Waals surface area contributed by atoms with Crippen molar-refractivity contribution in [2.24, 2.45) is 17.0 Å². The standard InChI is InChI=1S/C26H41N9O6/c1-6-11-28-20(37)14-30-25(40)22(16(2)3)33-21(38)15-29-24(39)18-9-8-13-35(18)26(41)23(17(4)5)32-19(36)10-7-12-31-34-27/h1,16-18,22-23H,7-15H2,2-5H3,(H,28,37)(H,29,39)(H,30,40)(H,32,36)(H,33,38)/t18-,22-,23-/m0/s1. The molecule has 0 bridgehead atoms. The van der Waals surface area contributed by atoms with Crippen LogP contribution in [-0.2, 0) is 28.8 Å². The van der Waals surface area contributed by atoms with Gasteiger partial charge in [-0.3, -0.25) is 28.8 Å². The molecule has 1 fully saturated rings. The Morgan fingerprint density at radius 3 is 2.20 bits per heavy atom. The van der Waals surface area contributed by atoms with Gasteiger partial charge in [0.05, 0.1) is 19.6 Å². The third kappa shape index (κ3) is 12.2. The molecule has 1 rings (SSSR count). The summed E-state index contributed by atoms with van der Waals surface area (Å²) in [5.74, 6) is -1.25. The number of carbonyl (C=O) groups excluding carboxylic acids is 6. The summed E-state index contributed by atoms with van der Waals surface area (Å²) in [6, 6.07) is -2.62. The third-order valence-corrected chi connectivity index (χ3v) is 6.31. The average Bonchev–Trinajstić information content (AvgIpc) is 3.42. The topological polar surface area (TPSA) is 215 Å². The number of hydrogen-bond donors (Lipinski definition) is 5. The summed E-state index contributed by atoms with van der Waals surface area (Å²) < 4.78 is 0. The van der Waals surface area contributed by atoms with Gasteiger partial charge in [0.2, 0.25) is 35.4 Å². The van der Waals surface area contributed by atoms with Gasteiger partial charge in [-0.2, -0.15) is 0 Å². The number of likely N-dealkylation sites (tertiary alicyclic amines) is 1. The summed E-state index contributed by atoms with van der Waals surface area (Å²) in [5, 5.41) is 16.0. The normalized spacial score (nSPS) is 15.6. The summed E-state index contributed by atoms with van der Waals surface area (Å²) >= 11 is 0. The highest BCUT2D eigenvalue weighted by Crippen LogP contribution is 2.20. The molecule has 0 saturated carbocycles. The van der Waals surface area contributed by atoms with Crippen LogP contribution in [0.1, 0.15) is 53.4 Å². The number of nitrogens with one attached hydrogen (secondary N) is 5. The highest BCUT2D eigenvalue weighted by molar-refractivity contribution is 5.95. The van der Waals surface area contributed by atoms with E-state index in [4.69, 9.17) is 12.0 Å². The number of rotatable bonds is 16. The highest BCUT2D eigenvalue weighted by Gasteiger charge is 2.38. The Morgan fingerprint density at radius 2 is 1.59 bits per heavy atom. The zero-order valence-electron chi connectivity index (χ0n) is 24.1. The van der Waals surface area contributed by atoms with Crippen LogP contribution in [0.3, 0.4) is 0 Å². The fraction of sp³-hybridized carbons (Fsp3) is 0.692. The molecule has 3 atom stereocenters. The van der Waals surface area contributed by atoms with E-state index in [1.165, 1.54) is 4.90 Å². The quantitative estimate of drug-likeness (QED) is 0.0528. The average molecular weight is 576 g/mol. The Hall–Kier alpha value is -4.31. The predicted octanol–water partition coefficient (Wildman–Crippen LogP) is -0.669. The molecule has 15 nitrogen and oxygen atoms in total. The van der Waals surface area contributed by atoms with Crippen LogP contribution in [0.2, 0.25) is 0 Å². The highest BCUT2D eigenvalue weighted by atomic mass is 16.2. The lowest BCUT2D eigenvalue weighted by Gasteiger charge is -2.30. The second kappa shape index (κ2) is 18.1. The molecular weight excluding hydrogens is 534 g/mol. The lowest BCUT2D eigenvalue weighted by Crippen LogP contribution is -2.56. The van der Waals surface area contributed by atoms with Gasteiger partial charge in [0.25, 0.3) is 0 Å². The first-order chi connectivity index (χ1) is 19.4. The Balaban J connectivity index is 2.70. The van der Waals surface area contributed by atoms with Crippen LogP contribution in [0.5, 0.6) is 0 Å². The van der Waals surface area contributed by atoms with Gasteiger partial charge in [-0.1, -0.05) is 38.7 Å². The van der Waals surface area contributed by atoms with E-state index in [-0.39, 0.29) is 43.8 Å². The van der Waals surface area contributed by atoms with Gasteiger partial charge in [-0.05, 0) is 36.6 Å². The van der Waals surface area contributed by atoms with Crippen molar-refractivity contribution < 1.29 is 28.8 Å². The van der Waals surface area contributed by atoms with Gasteiger partial charge in [0.15, 0.2) is 0 Å². The van der Waals surface area contributed by atoms with Crippen LogP contribution in [0.25, 0.3) is 10.4 Å². The van der Waals surface area contributed by atoms with Gasteiger partial charge in [-0.25, -0.2) is 0 Å². The minimum absolute atomic E-state index is 0.0235. The van der Waals surface area contributed by atoms with Crippen molar-refractivity contribution in [3.05, 3.63) is 10.4 Å².